The van der Waals surface area contributed by atoms with E-state index < -0.39 is 11.7 Å². The van der Waals surface area contributed by atoms with Crippen LogP contribution in [0.1, 0.15) is 31.9 Å². The first-order valence-corrected chi connectivity index (χ1v) is 8.08. The van der Waals surface area contributed by atoms with Gasteiger partial charge in [-0.25, -0.2) is 0 Å². The molecule has 0 aliphatic rings. The van der Waals surface area contributed by atoms with Gasteiger partial charge in [-0.3, -0.25) is 0 Å². The van der Waals surface area contributed by atoms with Crippen molar-refractivity contribution in [2.45, 2.75) is 32.3 Å². The van der Waals surface area contributed by atoms with Crippen LogP contribution in [-0.2, 0) is 5.41 Å². The third-order valence-electron chi connectivity index (χ3n) is 3.50. The van der Waals surface area contributed by atoms with Crippen molar-refractivity contribution in [2.75, 3.05) is 0 Å². The predicted molar refractivity (Wildman–Crippen MR) is 96.2 cm³/mol. The number of para-hydroxylation sites is 1. The fraction of sp³-hybridized carbons (Fsp3) is 0.263. The van der Waals surface area contributed by atoms with E-state index in [0.717, 1.165) is 0 Å². The van der Waals surface area contributed by atoms with E-state index in [1.165, 1.54) is 24.3 Å². The molecular formula is C19H18Cl2F2O. The lowest BCUT2D eigenvalue weighted by molar-refractivity contribution is -0.122. The minimum Gasteiger partial charge on any atom is -0.429 e. The van der Waals surface area contributed by atoms with Crippen LogP contribution in [0.25, 0.3) is 5.57 Å². The Morgan fingerprint density at radius 1 is 1.00 bits per heavy atom. The van der Waals surface area contributed by atoms with Gasteiger partial charge in [0.15, 0.2) is 0 Å². The fourth-order valence-corrected chi connectivity index (χ4v) is 2.80. The van der Waals surface area contributed by atoms with E-state index in [2.05, 4.69) is 6.58 Å². The van der Waals surface area contributed by atoms with E-state index in [0.29, 0.717) is 5.56 Å². The molecule has 2 aromatic carbocycles. The minimum atomic E-state index is -3.60. The van der Waals surface area contributed by atoms with Crippen LogP contribution >= 0.6 is 23.2 Å². The van der Waals surface area contributed by atoms with Crippen molar-refractivity contribution in [1.82, 2.24) is 0 Å². The number of alkyl halides is 2. The molecule has 0 bridgehead atoms. The summed E-state index contributed by atoms with van der Waals surface area (Å²) in [6.45, 7) is 9.26. The van der Waals surface area contributed by atoms with E-state index in [-0.39, 0.29) is 26.8 Å². The molecule has 0 saturated carbocycles. The average molecular weight is 371 g/mol. The molecule has 0 saturated heterocycles. The summed E-state index contributed by atoms with van der Waals surface area (Å²) in [5, 5.41) is 0.508. The summed E-state index contributed by atoms with van der Waals surface area (Å²) in [4.78, 5) is 0. The summed E-state index contributed by atoms with van der Waals surface area (Å²) in [7, 11) is 0. The van der Waals surface area contributed by atoms with Gasteiger partial charge < -0.3 is 4.74 Å². The van der Waals surface area contributed by atoms with Crippen LogP contribution in [0.3, 0.4) is 0 Å². The van der Waals surface area contributed by atoms with Crippen LogP contribution in [0.15, 0.2) is 49.0 Å². The summed E-state index contributed by atoms with van der Waals surface area (Å²) in [6, 6.07) is 11.0. The molecule has 0 N–H and O–H groups in total. The molecule has 0 amide bonds. The van der Waals surface area contributed by atoms with Crippen molar-refractivity contribution < 1.29 is 13.5 Å². The lowest BCUT2D eigenvalue weighted by atomic mass is 9.86. The largest absolute Gasteiger partial charge is 0.429 e. The molecule has 0 atom stereocenters. The van der Waals surface area contributed by atoms with Crippen molar-refractivity contribution in [3.63, 3.8) is 0 Å². The number of hydrogen-bond donors (Lipinski definition) is 0. The number of benzene rings is 2. The smallest absolute Gasteiger partial charge is 0.426 e. The Kier molecular flexibility index (Phi) is 5.26. The van der Waals surface area contributed by atoms with Crippen LogP contribution in [0, 0.1) is 0 Å². The Morgan fingerprint density at radius 3 is 2.08 bits per heavy atom. The second-order valence-electron chi connectivity index (χ2n) is 6.50. The van der Waals surface area contributed by atoms with E-state index in [1.807, 2.05) is 20.8 Å². The van der Waals surface area contributed by atoms with Crippen LogP contribution in [0.4, 0.5) is 8.78 Å². The van der Waals surface area contributed by atoms with Gasteiger partial charge in [-0.1, -0.05) is 68.8 Å². The summed E-state index contributed by atoms with van der Waals surface area (Å²) >= 11 is 11.8. The zero-order chi connectivity index (χ0) is 18.1. The van der Waals surface area contributed by atoms with Gasteiger partial charge in [0.2, 0.25) is 0 Å². The Bertz CT molecular complexity index is 744. The van der Waals surface area contributed by atoms with E-state index in [1.54, 1.807) is 18.2 Å². The molecule has 0 aliphatic heterocycles. The normalized spacial score (nSPS) is 12.1. The molecule has 128 valence electrons. The topological polar surface area (TPSA) is 9.23 Å². The molecule has 2 rings (SSSR count). The van der Waals surface area contributed by atoms with Gasteiger partial charge in [0.05, 0.1) is 5.57 Å². The predicted octanol–water partition coefficient (Wildman–Crippen LogP) is 6.98. The van der Waals surface area contributed by atoms with Crippen LogP contribution < -0.4 is 4.74 Å². The maximum absolute atomic E-state index is 14.6. The highest BCUT2D eigenvalue weighted by molar-refractivity contribution is 6.34. The fourth-order valence-electron chi connectivity index (χ4n) is 2.27. The summed E-state index contributed by atoms with van der Waals surface area (Å²) < 4.78 is 34.3. The number of hydrogen-bond acceptors (Lipinski definition) is 1. The highest BCUT2D eigenvalue weighted by Gasteiger charge is 2.38. The first kappa shape index (κ1) is 18.8. The molecule has 0 heterocycles. The molecule has 24 heavy (non-hydrogen) atoms. The van der Waals surface area contributed by atoms with Crippen molar-refractivity contribution in [2.24, 2.45) is 0 Å². The molecule has 5 heteroatoms. The van der Waals surface area contributed by atoms with Gasteiger partial charge in [0.25, 0.3) is 0 Å². The van der Waals surface area contributed by atoms with Gasteiger partial charge in [-0.05, 0) is 40.8 Å². The van der Waals surface area contributed by atoms with E-state index in [4.69, 9.17) is 27.9 Å². The van der Waals surface area contributed by atoms with Gasteiger partial charge in [0.1, 0.15) is 5.75 Å². The maximum Gasteiger partial charge on any atom is 0.426 e. The first-order valence-electron chi connectivity index (χ1n) is 7.33. The highest BCUT2D eigenvalue weighted by atomic mass is 35.5. The van der Waals surface area contributed by atoms with Gasteiger partial charge >= 0.3 is 6.11 Å². The quantitative estimate of drug-likeness (QED) is 0.564. The lowest BCUT2D eigenvalue weighted by Crippen LogP contribution is -2.27. The Balaban J connectivity index is 2.37. The van der Waals surface area contributed by atoms with E-state index in [9.17, 15) is 8.78 Å². The summed E-state index contributed by atoms with van der Waals surface area (Å²) in [6.07, 6.45) is -3.60. The standard InChI is InChI=1S/C19H18Cl2F2O/c1-12(13-9-14(20)11-15(21)10-13)19(22,23)24-17-8-6-5-7-16(17)18(2,3)4/h5-11H,1H2,2-4H3. The monoisotopic (exact) mass is 370 g/mol. The molecule has 0 radical (unpaired) electrons. The SMILES string of the molecule is C=C(c1cc(Cl)cc(Cl)c1)C(F)(F)Oc1ccccc1C(C)(C)C. The lowest BCUT2D eigenvalue weighted by Gasteiger charge is -2.26. The minimum absolute atomic E-state index is 0.115. The number of halogens is 4. The molecule has 0 spiro atoms. The van der Waals surface area contributed by atoms with Crippen LogP contribution in [-0.4, -0.2) is 6.11 Å². The number of rotatable bonds is 4. The van der Waals surface area contributed by atoms with Gasteiger partial charge in [-0.2, -0.15) is 8.78 Å². The molecular weight excluding hydrogens is 353 g/mol. The molecule has 0 fully saturated rings. The molecule has 0 unspecified atom stereocenters. The zero-order valence-electron chi connectivity index (χ0n) is 13.7. The molecule has 0 aliphatic carbocycles. The Labute approximate surface area is 150 Å². The second-order valence-corrected chi connectivity index (χ2v) is 7.37. The van der Waals surface area contributed by atoms with Gasteiger partial charge in [-0.15, -0.1) is 0 Å². The molecule has 2 aromatic rings. The van der Waals surface area contributed by atoms with Crippen molar-refractivity contribution in [3.8, 4) is 5.75 Å². The molecule has 0 aromatic heterocycles. The summed E-state index contributed by atoms with van der Waals surface area (Å²) in [5.41, 5.74) is -0.0316. The third kappa shape index (κ3) is 4.28. The van der Waals surface area contributed by atoms with E-state index >= 15 is 0 Å². The summed E-state index contributed by atoms with van der Waals surface area (Å²) in [5.74, 6) is 0.115. The average Bonchev–Trinajstić information content (AvgIpc) is 2.44. The zero-order valence-corrected chi connectivity index (χ0v) is 15.2. The van der Waals surface area contributed by atoms with Crippen molar-refractivity contribution >= 4 is 28.8 Å². The van der Waals surface area contributed by atoms with Crippen LogP contribution in [0.5, 0.6) is 5.75 Å². The van der Waals surface area contributed by atoms with Crippen molar-refractivity contribution in [3.05, 3.63) is 70.2 Å². The Hall–Kier alpha value is -1.58. The molecule has 1 nitrogen and oxygen atoms in total. The highest BCUT2D eigenvalue weighted by Crippen LogP contribution is 2.39. The maximum atomic E-state index is 14.6. The van der Waals surface area contributed by atoms with Crippen LogP contribution in [0.2, 0.25) is 10.0 Å². The van der Waals surface area contributed by atoms with Gasteiger partial charge in [0, 0.05) is 10.0 Å². The first-order chi connectivity index (χ1) is 11.0. The Morgan fingerprint density at radius 2 is 1.54 bits per heavy atom. The second kappa shape index (κ2) is 6.73. The number of ether oxygens (including phenoxy) is 1. The third-order valence-corrected chi connectivity index (χ3v) is 3.93. The van der Waals surface area contributed by atoms with Crippen molar-refractivity contribution in [1.29, 1.82) is 0 Å².